The highest BCUT2D eigenvalue weighted by Gasteiger charge is 2.05. The molecule has 0 saturated heterocycles. The molecule has 1 atom stereocenters. The molecule has 0 heterocycles. The minimum atomic E-state index is 0.491. The van der Waals surface area contributed by atoms with Gasteiger partial charge in [-0.05, 0) is 65.4 Å². The van der Waals surface area contributed by atoms with Crippen molar-refractivity contribution in [2.75, 3.05) is 6.61 Å². The molecular weight excluding hydrogens is 350 g/mol. The number of hydrogen-bond donors (Lipinski definition) is 1. The third kappa shape index (κ3) is 6.36. The zero-order valence-corrected chi connectivity index (χ0v) is 15.6. The largest absolute Gasteiger partial charge is 0.492 e. The molecule has 0 aliphatic rings. The van der Waals surface area contributed by atoms with Crippen molar-refractivity contribution in [1.29, 1.82) is 0 Å². The molecule has 23 heavy (non-hydrogen) atoms. The van der Waals surface area contributed by atoms with Crippen LogP contribution in [0, 0.1) is 0 Å². The highest BCUT2D eigenvalue weighted by Crippen LogP contribution is 2.26. The molecule has 124 valence electrons. The summed E-state index contributed by atoms with van der Waals surface area (Å²) in [6, 6.07) is 17.5. The molecule has 0 aromatic heterocycles. The van der Waals surface area contributed by atoms with Crippen molar-refractivity contribution in [2.24, 2.45) is 0 Å². The Morgan fingerprint density at radius 1 is 1.09 bits per heavy atom. The second kappa shape index (κ2) is 9.74. The van der Waals surface area contributed by atoms with Gasteiger partial charge in [0, 0.05) is 12.6 Å². The quantitative estimate of drug-likeness (QED) is 0.637. The number of ether oxygens (including phenoxy) is 1. The van der Waals surface area contributed by atoms with Crippen LogP contribution in [0.4, 0.5) is 0 Å². The number of nitrogens with one attached hydrogen (secondary N) is 1. The molecule has 1 N–H and O–H groups in total. The molecule has 2 nitrogen and oxygen atoms in total. The van der Waals surface area contributed by atoms with Crippen molar-refractivity contribution in [2.45, 2.75) is 45.7 Å². The summed E-state index contributed by atoms with van der Waals surface area (Å²) in [5, 5.41) is 3.60. The highest BCUT2D eigenvalue weighted by atomic mass is 79.9. The Kier molecular flexibility index (Phi) is 7.63. The standard InChI is InChI=1S/C20H26BrNO/c1-3-13-23-20-12-11-18(14-19(20)21)15-22-16(2)9-10-17-7-5-4-6-8-17/h4-8,11-12,14,16,22H,3,9-10,13,15H2,1-2H3/t16-/m0/s1. The number of rotatable bonds is 9. The van der Waals surface area contributed by atoms with Gasteiger partial charge >= 0.3 is 0 Å². The van der Waals surface area contributed by atoms with Crippen molar-refractivity contribution in [1.82, 2.24) is 5.32 Å². The Morgan fingerprint density at radius 3 is 2.57 bits per heavy atom. The van der Waals surface area contributed by atoms with E-state index in [0.29, 0.717) is 6.04 Å². The molecule has 0 amide bonds. The van der Waals surface area contributed by atoms with Crippen LogP contribution in [-0.2, 0) is 13.0 Å². The molecule has 0 unspecified atom stereocenters. The Hall–Kier alpha value is -1.32. The Morgan fingerprint density at radius 2 is 1.87 bits per heavy atom. The summed E-state index contributed by atoms with van der Waals surface area (Å²) in [7, 11) is 0. The summed E-state index contributed by atoms with van der Waals surface area (Å²) in [4.78, 5) is 0. The molecule has 2 rings (SSSR count). The molecule has 0 aliphatic carbocycles. The van der Waals surface area contributed by atoms with E-state index in [2.05, 4.69) is 77.6 Å². The molecule has 3 heteroatoms. The molecule has 2 aromatic rings. The number of hydrogen-bond acceptors (Lipinski definition) is 2. The van der Waals surface area contributed by atoms with Crippen molar-refractivity contribution in [3.8, 4) is 5.75 Å². The Balaban J connectivity index is 1.77. The Labute approximate surface area is 148 Å². The molecule has 0 saturated carbocycles. The van der Waals surface area contributed by atoms with Gasteiger partial charge in [-0.15, -0.1) is 0 Å². The average molecular weight is 376 g/mol. The topological polar surface area (TPSA) is 21.3 Å². The van der Waals surface area contributed by atoms with E-state index >= 15 is 0 Å². The smallest absolute Gasteiger partial charge is 0.133 e. The maximum atomic E-state index is 5.69. The summed E-state index contributed by atoms with van der Waals surface area (Å²) in [6.45, 7) is 6.00. The molecule has 0 radical (unpaired) electrons. The Bertz CT molecular complexity index is 585. The number of aryl methyl sites for hydroxylation is 1. The lowest BCUT2D eigenvalue weighted by molar-refractivity contribution is 0.315. The van der Waals surface area contributed by atoms with Gasteiger partial charge in [0.05, 0.1) is 11.1 Å². The van der Waals surface area contributed by atoms with E-state index in [1.165, 1.54) is 11.1 Å². The molecule has 0 bridgehead atoms. The maximum Gasteiger partial charge on any atom is 0.133 e. The fourth-order valence-corrected chi connectivity index (χ4v) is 2.95. The summed E-state index contributed by atoms with van der Waals surface area (Å²) < 4.78 is 6.72. The van der Waals surface area contributed by atoms with Crippen LogP contribution < -0.4 is 10.1 Å². The first-order valence-electron chi connectivity index (χ1n) is 8.37. The second-order valence-corrected chi connectivity index (χ2v) is 6.77. The van der Waals surface area contributed by atoms with E-state index in [-0.39, 0.29) is 0 Å². The minimum Gasteiger partial charge on any atom is -0.492 e. The van der Waals surface area contributed by atoms with Gasteiger partial charge in [0.15, 0.2) is 0 Å². The van der Waals surface area contributed by atoms with Gasteiger partial charge in [-0.25, -0.2) is 0 Å². The van der Waals surface area contributed by atoms with Crippen LogP contribution in [0.25, 0.3) is 0 Å². The van der Waals surface area contributed by atoms with Crippen LogP contribution in [-0.4, -0.2) is 12.6 Å². The van der Waals surface area contributed by atoms with E-state index < -0.39 is 0 Å². The fraction of sp³-hybridized carbons (Fsp3) is 0.400. The lowest BCUT2D eigenvalue weighted by Crippen LogP contribution is -2.25. The molecular formula is C20H26BrNO. The summed E-state index contributed by atoms with van der Waals surface area (Å²) in [6.07, 6.45) is 3.28. The van der Waals surface area contributed by atoms with Crippen molar-refractivity contribution >= 4 is 15.9 Å². The molecule has 0 aliphatic heterocycles. The van der Waals surface area contributed by atoms with Gasteiger partial charge in [-0.2, -0.15) is 0 Å². The van der Waals surface area contributed by atoms with Gasteiger partial charge < -0.3 is 10.1 Å². The van der Waals surface area contributed by atoms with E-state index in [4.69, 9.17) is 4.74 Å². The molecule has 0 fully saturated rings. The van der Waals surface area contributed by atoms with Gasteiger partial charge in [0.1, 0.15) is 5.75 Å². The van der Waals surface area contributed by atoms with Crippen molar-refractivity contribution in [3.05, 3.63) is 64.1 Å². The minimum absolute atomic E-state index is 0.491. The van der Waals surface area contributed by atoms with Crippen LogP contribution in [0.3, 0.4) is 0 Å². The number of benzene rings is 2. The summed E-state index contributed by atoms with van der Waals surface area (Å²) >= 11 is 3.59. The fourth-order valence-electron chi connectivity index (χ4n) is 2.41. The first kappa shape index (κ1) is 18.0. The average Bonchev–Trinajstić information content (AvgIpc) is 2.58. The van der Waals surface area contributed by atoms with E-state index in [1.807, 2.05) is 6.07 Å². The predicted octanol–water partition coefficient (Wildman–Crippen LogP) is 5.35. The van der Waals surface area contributed by atoms with Crippen LogP contribution >= 0.6 is 15.9 Å². The number of halogens is 1. The lowest BCUT2D eigenvalue weighted by atomic mass is 10.1. The molecule has 2 aromatic carbocycles. The summed E-state index contributed by atoms with van der Waals surface area (Å²) in [5.74, 6) is 0.924. The first-order chi connectivity index (χ1) is 11.2. The zero-order valence-electron chi connectivity index (χ0n) is 14.0. The SMILES string of the molecule is CCCOc1ccc(CN[C@@H](C)CCc2ccccc2)cc1Br. The first-order valence-corrected chi connectivity index (χ1v) is 9.17. The van der Waals surface area contributed by atoms with Crippen LogP contribution in [0.5, 0.6) is 5.75 Å². The van der Waals surface area contributed by atoms with Crippen molar-refractivity contribution < 1.29 is 4.74 Å². The second-order valence-electron chi connectivity index (χ2n) is 5.92. The highest BCUT2D eigenvalue weighted by molar-refractivity contribution is 9.10. The zero-order chi connectivity index (χ0) is 16.5. The van der Waals surface area contributed by atoms with Crippen molar-refractivity contribution in [3.63, 3.8) is 0 Å². The van der Waals surface area contributed by atoms with Crippen LogP contribution in [0.2, 0.25) is 0 Å². The molecule has 0 spiro atoms. The maximum absolute atomic E-state index is 5.69. The normalized spacial score (nSPS) is 12.1. The van der Waals surface area contributed by atoms with Crippen LogP contribution in [0.1, 0.15) is 37.8 Å². The van der Waals surface area contributed by atoms with Gasteiger partial charge in [-0.3, -0.25) is 0 Å². The van der Waals surface area contributed by atoms with Gasteiger partial charge in [0.25, 0.3) is 0 Å². The summed E-state index contributed by atoms with van der Waals surface area (Å²) in [5.41, 5.74) is 2.67. The van der Waals surface area contributed by atoms with E-state index in [9.17, 15) is 0 Å². The van der Waals surface area contributed by atoms with Gasteiger partial charge in [-0.1, -0.05) is 43.3 Å². The van der Waals surface area contributed by atoms with Crippen LogP contribution in [0.15, 0.2) is 53.0 Å². The van der Waals surface area contributed by atoms with Gasteiger partial charge in [0.2, 0.25) is 0 Å². The predicted molar refractivity (Wildman–Crippen MR) is 101 cm³/mol. The third-order valence-electron chi connectivity index (χ3n) is 3.82. The van der Waals surface area contributed by atoms with E-state index in [1.54, 1.807) is 0 Å². The monoisotopic (exact) mass is 375 g/mol. The lowest BCUT2D eigenvalue weighted by Gasteiger charge is -2.15. The third-order valence-corrected chi connectivity index (χ3v) is 4.44. The van der Waals surface area contributed by atoms with E-state index in [0.717, 1.165) is 42.6 Å².